The summed E-state index contributed by atoms with van der Waals surface area (Å²) in [6, 6.07) is 10.4. The first-order valence-electron chi connectivity index (χ1n) is 4.02. The molecular formula is C11H9NSe. The second kappa shape index (κ2) is 3.30. The molecule has 2 rings (SSSR count). The van der Waals surface area contributed by atoms with E-state index in [1.54, 1.807) is 0 Å². The van der Waals surface area contributed by atoms with Gasteiger partial charge in [-0.15, -0.1) is 0 Å². The van der Waals surface area contributed by atoms with Crippen molar-refractivity contribution in [2.24, 2.45) is 0 Å². The molecule has 0 aliphatic carbocycles. The molecule has 1 aromatic rings. The van der Waals surface area contributed by atoms with E-state index in [0.717, 1.165) is 9.98 Å². The van der Waals surface area contributed by atoms with Gasteiger partial charge in [0.2, 0.25) is 0 Å². The van der Waals surface area contributed by atoms with Crippen LogP contribution in [0.1, 0.15) is 11.1 Å². The van der Waals surface area contributed by atoms with E-state index in [9.17, 15) is 0 Å². The van der Waals surface area contributed by atoms with Crippen molar-refractivity contribution in [2.75, 3.05) is 0 Å². The first-order chi connectivity index (χ1) is 6.33. The van der Waals surface area contributed by atoms with Crippen LogP contribution in [0.15, 0.2) is 29.2 Å². The summed E-state index contributed by atoms with van der Waals surface area (Å²) in [5.41, 5.74) is 2.32. The van der Waals surface area contributed by atoms with Gasteiger partial charge < -0.3 is 0 Å². The first-order valence-corrected chi connectivity index (χ1v) is 7.58. The minimum absolute atomic E-state index is 0.939. The Morgan fingerprint density at radius 2 is 2.08 bits per heavy atom. The molecule has 0 aromatic heterocycles. The molecule has 0 spiro atoms. The summed E-state index contributed by atoms with van der Waals surface area (Å²) in [5, 5.41) is 9.02. The van der Waals surface area contributed by atoms with E-state index in [0.29, 0.717) is 0 Å². The minimum atomic E-state index is -0.939. The molecule has 0 fully saturated rings. The number of benzene rings is 1. The third-order valence-corrected chi connectivity index (χ3v) is 5.23. The molecule has 1 atom stereocenters. The third-order valence-electron chi connectivity index (χ3n) is 2.08. The molecule has 1 unspecified atom stereocenters. The Hall–Kier alpha value is -1.16. The molecule has 1 aliphatic heterocycles. The average molecular weight is 234 g/mol. The Labute approximate surface area is 81.7 Å². The summed E-state index contributed by atoms with van der Waals surface area (Å²) in [4.78, 5) is 2.20. The standard InChI is InChI=1S/C11H9NSe/c1-13-7-6-9-4-2-3-5-10(9)11(13)8-12/h2-7H,1H3. The Kier molecular flexibility index (Phi) is 2.14. The number of hydrogen-bond donors (Lipinski definition) is 0. The zero-order chi connectivity index (χ0) is 9.26. The van der Waals surface area contributed by atoms with Gasteiger partial charge in [-0.3, -0.25) is 0 Å². The molecular weight excluding hydrogens is 225 g/mol. The zero-order valence-corrected chi connectivity index (χ0v) is 9.03. The van der Waals surface area contributed by atoms with Gasteiger partial charge in [0, 0.05) is 0 Å². The molecule has 0 radical (unpaired) electrons. The Morgan fingerprint density at radius 1 is 1.31 bits per heavy atom. The van der Waals surface area contributed by atoms with Crippen LogP contribution in [-0.2, 0) is 0 Å². The van der Waals surface area contributed by atoms with Crippen molar-refractivity contribution in [1.82, 2.24) is 0 Å². The quantitative estimate of drug-likeness (QED) is 0.630. The van der Waals surface area contributed by atoms with Crippen molar-refractivity contribution in [3.8, 4) is 6.07 Å². The van der Waals surface area contributed by atoms with Gasteiger partial charge in [-0.05, 0) is 0 Å². The van der Waals surface area contributed by atoms with Crippen molar-refractivity contribution >= 4 is 24.0 Å². The van der Waals surface area contributed by atoms with E-state index in [1.165, 1.54) is 5.56 Å². The number of nitrogens with zero attached hydrogens (tertiary/aromatic N) is 1. The van der Waals surface area contributed by atoms with Gasteiger partial charge in [-0.1, -0.05) is 0 Å². The Balaban J connectivity index is 2.72. The van der Waals surface area contributed by atoms with E-state index in [-0.39, 0.29) is 0 Å². The molecule has 64 valence electrons. The molecule has 1 heterocycles. The first kappa shape index (κ1) is 8.44. The summed E-state index contributed by atoms with van der Waals surface area (Å²) in [6.07, 6.45) is 2.14. The fourth-order valence-corrected chi connectivity index (χ4v) is 3.84. The predicted molar refractivity (Wildman–Crippen MR) is 56.8 cm³/mol. The molecule has 13 heavy (non-hydrogen) atoms. The van der Waals surface area contributed by atoms with Gasteiger partial charge >= 0.3 is 81.5 Å². The van der Waals surface area contributed by atoms with Gasteiger partial charge in [0.05, 0.1) is 0 Å². The van der Waals surface area contributed by atoms with Gasteiger partial charge in [-0.2, -0.15) is 0 Å². The molecule has 0 N–H and O–H groups in total. The van der Waals surface area contributed by atoms with Gasteiger partial charge in [0.15, 0.2) is 0 Å². The summed E-state index contributed by atoms with van der Waals surface area (Å²) in [7, 11) is 0. The van der Waals surface area contributed by atoms with Crippen LogP contribution in [0.2, 0.25) is 5.82 Å². The number of hydrogen-bond acceptors (Lipinski definition) is 1. The second-order valence-electron chi connectivity index (χ2n) is 2.89. The maximum absolute atomic E-state index is 9.02. The summed E-state index contributed by atoms with van der Waals surface area (Å²) in [6.45, 7) is 0. The molecule has 1 aliphatic rings. The van der Waals surface area contributed by atoms with Crippen molar-refractivity contribution in [2.45, 2.75) is 5.82 Å². The van der Waals surface area contributed by atoms with Gasteiger partial charge in [0.25, 0.3) is 0 Å². The van der Waals surface area contributed by atoms with E-state index < -0.39 is 13.5 Å². The van der Waals surface area contributed by atoms with Crippen LogP contribution in [0.25, 0.3) is 6.08 Å². The third kappa shape index (κ3) is 1.37. The zero-order valence-electron chi connectivity index (χ0n) is 7.32. The predicted octanol–water partition coefficient (Wildman–Crippen LogP) is 2.00. The molecule has 0 saturated carbocycles. The monoisotopic (exact) mass is 235 g/mol. The fraction of sp³-hybridized carbons (Fsp3) is 0.0909. The van der Waals surface area contributed by atoms with Crippen LogP contribution in [0, 0.1) is 11.3 Å². The SMILES string of the molecule is C[Se]1=C(C#N)c2ccccc2C=C1. The Bertz CT molecular complexity index is 449. The number of nitriles is 1. The maximum atomic E-state index is 9.02. The second-order valence-corrected chi connectivity index (χ2v) is 6.66. The molecule has 2 heteroatoms. The van der Waals surface area contributed by atoms with Crippen molar-refractivity contribution < 1.29 is 0 Å². The van der Waals surface area contributed by atoms with Crippen LogP contribution in [0.3, 0.4) is 0 Å². The average Bonchev–Trinajstić information content (AvgIpc) is 2.18. The summed E-state index contributed by atoms with van der Waals surface area (Å²) < 4.78 is 0.998. The van der Waals surface area contributed by atoms with Crippen molar-refractivity contribution in [3.63, 3.8) is 0 Å². The number of rotatable bonds is 0. The normalized spacial score (nSPS) is 19.4. The molecule has 1 nitrogen and oxygen atoms in total. The molecule has 0 bridgehead atoms. The van der Waals surface area contributed by atoms with E-state index in [4.69, 9.17) is 5.26 Å². The van der Waals surface area contributed by atoms with Crippen LogP contribution < -0.4 is 0 Å². The van der Waals surface area contributed by atoms with Crippen LogP contribution in [0.5, 0.6) is 0 Å². The molecule has 0 amide bonds. The van der Waals surface area contributed by atoms with Gasteiger partial charge in [0.1, 0.15) is 0 Å². The van der Waals surface area contributed by atoms with E-state index in [1.807, 2.05) is 18.2 Å². The van der Waals surface area contributed by atoms with Crippen LogP contribution in [-0.4, -0.2) is 17.9 Å². The van der Waals surface area contributed by atoms with Crippen molar-refractivity contribution in [3.05, 3.63) is 40.4 Å². The Morgan fingerprint density at radius 3 is 2.85 bits per heavy atom. The fourth-order valence-electron chi connectivity index (χ4n) is 1.40. The number of fused-ring (bicyclic) bond motifs is 1. The van der Waals surface area contributed by atoms with Crippen LogP contribution in [0.4, 0.5) is 0 Å². The van der Waals surface area contributed by atoms with E-state index in [2.05, 4.69) is 29.0 Å². The summed E-state index contributed by atoms with van der Waals surface area (Å²) >= 11 is -0.939. The topological polar surface area (TPSA) is 23.8 Å². The van der Waals surface area contributed by atoms with Crippen molar-refractivity contribution in [1.29, 1.82) is 5.26 Å². The molecule has 0 saturated heterocycles. The van der Waals surface area contributed by atoms with Crippen LogP contribution >= 0.6 is 0 Å². The van der Waals surface area contributed by atoms with Gasteiger partial charge in [-0.25, -0.2) is 0 Å². The molecule has 1 aromatic carbocycles. The van der Waals surface area contributed by atoms with E-state index >= 15 is 0 Å². The summed E-state index contributed by atoms with van der Waals surface area (Å²) in [5.74, 6) is 2.17.